The molecule has 2 aromatic rings. The van der Waals surface area contributed by atoms with Crippen molar-refractivity contribution in [1.82, 2.24) is 9.71 Å². The van der Waals surface area contributed by atoms with Crippen LogP contribution in [0.2, 0.25) is 0 Å². The summed E-state index contributed by atoms with van der Waals surface area (Å²) in [6.45, 7) is 8.43. The summed E-state index contributed by atoms with van der Waals surface area (Å²) in [5.74, 6) is 0.763. The molecule has 6 nitrogen and oxygen atoms in total. The van der Waals surface area contributed by atoms with Gasteiger partial charge >= 0.3 is 0 Å². The van der Waals surface area contributed by atoms with Gasteiger partial charge in [0.1, 0.15) is 18.0 Å². The molecule has 0 bridgehead atoms. The Kier molecular flexibility index (Phi) is 6.42. The van der Waals surface area contributed by atoms with Crippen LogP contribution in [-0.4, -0.2) is 20.0 Å². The molecular formula is C20H29N3O3. The van der Waals surface area contributed by atoms with Crippen LogP contribution in [0.3, 0.4) is 0 Å². The molecule has 142 valence electrons. The maximum absolute atomic E-state index is 10.5. The molecule has 0 fully saturated rings. The maximum Gasteiger partial charge on any atom is 0.237 e. The van der Waals surface area contributed by atoms with Crippen LogP contribution < -0.4 is 10.2 Å². The fourth-order valence-corrected chi connectivity index (χ4v) is 3.32. The van der Waals surface area contributed by atoms with E-state index in [9.17, 15) is 10.3 Å². The van der Waals surface area contributed by atoms with Gasteiger partial charge in [0.05, 0.1) is 6.61 Å². The summed E-state index contributed by atoms with van der Waals surface area (Å²) in [6, 6.07) is 9.68. The topological polar surface area (TPSA) is 91.4 Å². The van der Waals surface area contributed by atoms with Gasteiger partial charge in [-0.1, -0.05) is 58.0 Å². The van der Waals surface area contributed by atoms with E-state index in [1.165, 1.54) is 0 Å². The summed E-state index contributed by atoms with van der Waals surface area (Å²) < 4.78 is 6.66. The third-order valence-electron chi connectivity index (χ3n) is 4.20. The normalized spacial score (nSPS) is 11.8. The van der Waals surface area contributed by atoms with Gasteiger partial charge in [0, 0.05) is 6.42 Å². The molecule has 0 unspecified atom stereocenters. The van der Waals surface area contributed by atoms with Crippen molar-refractivity contribution >= 4 is 0 Å². The number of ether oxygens (including phenoxy) is 1. The van der Waals surface area contributed by atoms with Crippen LogP contribution in [0.4, 0.5) is 0 Å². The van der Waals surface area contributed by atoms with Crippen LogP contribution in [0.25, 0.3) is 0 Å². The van der Waals surface area contributed by atoms with Gasteiger partial charge in [-0.25, -0.2) is 4.98 Å². The summed E-state index contributed by atoms with van der Waals surface area (Å²) in [4.78, 5) is 4.29. The smallest absolute Gasteiger partial charge is 0.237 e. The molecule has 6 heteroatoms. The van der Waals surface area contributed by atoms with E-state index in [4.69, 9.17) is 10.1 Å². The molecule has 1 heterocycles. The van der Waals surface area contributed by atoms with Gasteiger partial charge < -0.3 is 15.1 Å². The van der Waals surface area contributed by atoms with Crippen LogP contribution in [-0.2, 0) is 19.6 Å². The number of hydrogen-bond acceptors (Lipinski definition) is 5. The van der Waals surface area contributed by atoms with Gasteiger partial charge in [0.25, 0.3) is 0 Å². The summed E-state index contributed by atoms with van der Waals surface area (Å²) in [5.41, 5.74) is 1.20. The third-order valence-corrected chi connectivity index (χ3v) is 4.20. The monoisotopic (exact) mass is 359 g/mol. The second-order valence-electron chi connectivity index (χ2n) is 7.84. The van der Waals surface area contributed by atoms with Crippen LogP contribution in [0.5, 0.6) is 5.88 Å². The van der Waals surface area contributed by atoms with Crippen molar-refractivity contribution in [3.8, 4) is 5.88 Å². The van der Waals surface area contributed by atoms with E-state index < -0.39 is 6.61 Å². The SMILES string of the molecule is CC(C)CC(C)(C)Cc1c(OCc2ccccc2)nc(CO)c(=N)n1O. The standard InChI is InChI=1S/C20H29N3O3/c1-14(2)10-20(3,4)11-17-19(22-16(12-24)18(21)23(17)25)26-13-15-8-6-5-7-9-15/h5-9,14,21,24-25H,10-13H2,1-4H3. The predicted molar refractivity (Wildman–Crippen MR) is 98.9 cm³/mol. The highest BCUT2D eigenvalue weighted by Crippen LogP contribution is 2.32. The Morgan fingerprint density at radius 3 is 2.46 bits per heavy atom. The number of hydrogen-bond donors (Lipinski definition) is 3. The minimum Gasteiger partial charge on any atom is -0.471 e. The molecular weight excluding hydrogens is 330 g/mol. The lowest BCUT2D eigenvalue weighted by Gasteiger charge is -2.28. The van der Waals surface area contributed by atoms with Crippen molar-refractivity contribution in [2.75, 3.05) is 0 Å². The van der Waals surface area contributed by atoms with Gasteiger partial charge in [0.15, 0.2) is 5.49 Å². The lowest BCUT2D eigenvalue weighted by Crippen LogP contribution is -2.31. The molecule has 3 N–H and O–H groups in total. The molecule has 0 aliphatic heterocycles. The van der Waals surface area contributed by atoms with Crippen LogP contribution >= 0.6 is 0 Å². The first kappa shape index (κ1) is 20.0. The number of rotatable bonds is 8. The van der Waals surface area contributed by atoms with Gasteiger partial charge in [-0.15, -0.1) is 0 Å². The molecule has 1 aromatic heterocycles. The zero-order chi connectivity index (χ0) is 19.3. The number of aliphatic hydroxyl groups is 1. The zero-order valence-electron chi connectivity index (χ0n) is 16.0. The fraction of sp³-hybridized carbons (Fsp3) is 0.500. The number of benzene rings is 1. The Labute approximate surface area is 154 Å². The molecule has 1 aromatic carbocycles. The molecule has 0 saturated heterocycles. The van der Waals surface area contributed by atoms with E-state index in [1.54, 1.807) is 0 Å². The van der Waals surface area contributed by atoms with Crippen molar-refractivity contribution in [2.45, 2.75) is 53.8 Å². The predicted octanol–water partition coefficient (Wildman–Crippen LogP) is 3.29. The van der Waals surface area contributed by atoms with Gasteiger partial charge in [0.2, 0.25) is 5.88 Å². The Balaban J connectivity index is 2.37. The number of aliphatic hydroxyl groups excluding tert-OH is 1. The average Bonchev–Trinajstić information content (AvgIpc) is 2.58. The lowest BCUT2D eigenvalue weighted by atomic mass is 9.80. The van der Waals surface area contributed by atoms with Gasteiger partial charge in [-0.05, 0) is 23.3 Å². The molecule has 26 heavy (non-hydrogen) atoms. The molecule has 0 aliphatic rings. The van der Waals surface area contributed by atoms with Crippen LogP contribution in [0, 0.1) is 16.7 Å². The van der Waals surface area contributed by atoms with Crippen molar-refractivity contribution in [3.63, 3.8) is 0 Å². The largest absolute Gasteiger partial charge is 0.471 e. The molecule has 0 saturated carbocycles. The first-order valence-electron chi connectivity index (χ1n) is 8.89. The lowest BCUT2D eigenvalue weighted by molar-refractivity contribution is 0.134. The van der Waals surface area contributed by atoms with E-state index >= 15 is 0 Å². The summed E-state index contributed by atoms with van der Waals surface area (Å²) in [6.07, 6.45) is 1.47. The Morgan fingerprint density at radius 1 is 1.23 bits per heavy atom. The molecule has 0 amide bonds. The number of aromatic nitrogens is 2. The molecule has 0 atom stereocenters. The average molecular weight is 359 g/mol. The van der Waals surface area contributed by atoms with E-state index in [1.807, 2.05) is 30.3 Å². The second kappa shape index (κ2) is 8.36. The first-order valence-corrected chi connectivity index (χ1v) is 8.89. The maximum atomic E-state index is 10.5. The number of nitrogens with one attached hydrogen (secondary N) is 1. The first-order chi connectivity index (χ1) is 12.2. The Bertz CT molecular complexity index is 783. The fourth-order valence-electron chi connectivity index (χ4n) is 3.32. The molecule has 0 radical (unpaired) electrons. The minimum absolute atomic E-state index is 0.0842. The quantitative estimate of drug-likeness (QED) is 0.631. The van der Waals surface area contributed by atoms with Crippen LogP contribution in [0.1, 0.15) is 51.1 Å². The number of nitrogens with zero attached hydrogens (tertiary/aromatic N) is 2. The van der Waals surface area contributed by atoms with Crippen molar-refractivity contribution < 1.29 is 15.1 Å². The Hall–Kier alpha value is -2.34. The van der Waals surface area contributed by atoms with Crippen molar-refractivity contribution in [1.29, 1.82) is 5.41 Å². The molecule has 2 rings (SSSR count). The van der Waals surface area contributed by atoms with Crippen molar-refractivity contribution in [2.24, 2.45) is 11.3 Å². The molecule has 0 spiro atoms. The highest BCUT2D eigenvalue weighted by atomic mass is 16.5. The van der Waals surface area contributed by atoms with E-state index in [-0.39, 0.29) is 22.5 Å². The summed E-state index contributed by atoms with van der Waals surface area (Å²) >= 11 is 0. The van der Waals surface area contributed by atoms with Gasteiger partial charge in [-0.2, -0.15) is 4.73 Å². The summed E-state index contributed by atoms with van der Waals surface area (Å²) in [5, 5.41) is 27.9. The van der Waals surface area contributed by atoms with E-state index in [2.05, 4.69) is 32.7 Å². The second-order valence-corrected chi connectivity index (χ2v) is 7.84. The zero-order valence-corrected chi connectivity index (χ0v) is 16.0. The highest BCUT2D eigenvalue weighted by molar-refractivity contribution is 5.23. The highest BCUT2D eigenvalue weighted by Gasteiger charge is 2.26. The van der Waals surface area contributed by atoms with Crippen LogP contribution in [0.15, 0.2) is 30.3 Å². The Morgan fingerprint density at radius 2 is 1.88 bits per heavy atom. The minimum atomic E-state index is -0.434. The van der Waals surface area contributed by atoms with E-state index in [0.29, 0.717) is 24.6 Å². The van der Waals surface area contributed by atoms with Gasteiger partial charge in [-0.3, -0.25) is 5.41 Å². The summed E-state index contributed by atoms with van der Waals surface area (Å²) in [7, 11) is 0. The third kappa shape index (κ3) is 5.08. The molecule has 0 aliphatic carbocycles. The van der Waals surface area contributed by atoms with Crippen molar-refractivity contribution in [3.05, 3.63) is 52.8 Å². The van der Waals surface area contributed by atoms with E-state index in [0.717, 1.165) is 16.7 Å².